The molecule has 0 heterocycles. The fourth-order valence-electron chi connectivity index (χ4n) is 1.69. The van der Waals surface area contributed by atoms with Crippen LogP contribution in [0.4, 0.5) is 10.1 Å². The number of rotatable bonds is 4. The number of nitrogens with two attached hydrogens (primary N) is 1. The maximum Gasteiger partial charge on any atom is 0.338 e. The van der Waals surface area contributed by atoms with E-state index in [1.807, 2.05) is 0 Å². The average molecular weight is 261 g/mol. The van der Waals surface area contributed by atoms with E-state index in [4.69, 9.17) is 15.6 Å². The molecule has 0 atom stereocenters. The second-order valence-corrected chi connectivity index (χ2v) is 3.93. The summed E-state index contributed by atoms with van der Waals surface area (Å²) in [6, 6.07) is 10.3. The Morgan fingerprint density at radius 3 is 2.53 bits per heavy atom. The zero-order valence-electron chi connectivity index (χ0n) is 9.97. The third-order valence-electron chi connectivity index (χ3n) is 2.60. The molecular formula is C14H12FNO3. The van der Waals surface area contributed by atoms with Gasteiger partial charge in [0.05, 0.1) is 5.56 Å². The van der Waals surface area contributed by atoms with E-state index in [0.29, 0.717) is 11.3 Å². The van der Waals surface area contributed by atoms with Gasteiger partial charge in [-0.05, 0) is 30.3 Å². The van der Waals surface area contributed by atoms with Crippen molar-refractivity contribution in [1.29, 1.82) is 0 Å². The van der Waals surface area contributed by atoms with Crippen LogP contribution in [0.25, 0.3) is 0 Å². The molecule has 98 valence electrons. The van der Waals surface area contributed by atoms with Crippen molar-refractivity contribution in [2.24, 2.45) is 0 Å². The first-order valence-electron chi connectivity index (χ1n) is 5.57. The summed E-state index contributed by atoms with van der Waals surface area (Å²) < 4.78 is 18.1. The number of carbonyl (C=O) groups is 1. The zero-order valence-corrected chi connectivity index (χ0v) is 9.97. The Hall–Kier alpha value is -2.56. The fraction of sp³-hybridized carbons (Fsp3) is 0.0714. The standard InChI is InChI=1S/C14H12FNO3/c15-10-4-6-11(7-5-10)19-8-9-2-1-3-12(16)13(9)14(17)18/h1-7H,8,16H2,(H,17,18). The molecule has 0 unspecified atom stereocenters. The number of anilines is 1. The highest BCUT2D eigenvalue weighted by Crippen LogP contribution is 2.20. The Morgan fingerprint density at radius 2 is 1.89 bits per heavy atom. The molecule has 0 saturated heterocycles. The molecule has 0 radical (unpaired) electrons. The summed E-state index contributed by atoms with van der Waals surface area (Å²) in [6.07, 6.45) is 0. The van der Waals surface area contributed by atoms with E-state index in [0.717, 1.165) is 0 Å². The van der Waals surface area contributed by atoms with E-state index in [1.54, 1.807) is 12.1 Å². The van der Waals surface area contributed by atoms with Gasteiger partial charge in [-0.2, -0.15) is 0 Å². The summed E-state index contributed by atoms with van der Waals surface area (Å²) in [4.78, 5) is 11.1. The highest BCUT2D eigenvalue weighted by molar-refractivity contribution is 5.95. The second kappa shape index (κ2) is 5.39. The van der Waals surface area contributed by atoms with Crippen molar-refractivity contribution in [2.75, 3.05) is 5.73 Å². The number of halogens is 1. The first-order chi connectivity index (χ1) is 9.08. The summed E-state index contributed by atoms with van der Waals surface area (Å²) in [7, 11) is 0. The second-order valence-electron chi connectivity index (χ2n) is 3.93. The van der Waals surface area contributed by atoms with Crippen molar-refractivity contribution < 1.29 is 19.0 Å². The lowest BCUT2D eigenvalue weighted by molar-refractivity contribution is 0.0695. The van der Waals surface area contributed by atoms with Crippen LogP contribution in [0.1, 0.15) is 15.9 Å². The molecule has 0 aromatic heterocycles. The number of hydrogen-bond acceptors (Lipinski definition) is 3. The molecule has 4 nitrogen and oxygen atoms in total. The minimum Gasteiger partial charge on any atom is -0.489 e. The first kappa shape index (κ1) is 12.9. The topological polar surface area (TPSA) is 72.5 Å². The van der Waals surface area contributed by atoms with Crippen LogP contribution < -0.4 is 10.5 Å². The fourth-order valence-corrected chi connectivity index (χ4v) is 1.69. The summed E-state index contributed by atoms with van der Waals surface area (Å²) in [5.41, 5.74) is 6.31. The van der Waals surface area contributed by atoms with E-state index in [1.165, 1.54) is 30.3 Å². The van der Waals surface area contributed by atoms with Crippen LogP contribution in [0.3, 0.4) is 0 Å². The molecule has 5 heteroatoms. The Labute approximate surface area is 109 Å². The number of benzene rings is 2. The Bertz CT molecular complexity index is 596. The van der Waals surface area contributed by atoms with Gasteiger partial charge in [0.15, 0.2) is 0 Å². The van der Waals surface area contributed by atoms with Gasteiger partial charge in [0.2, 0.25) is 0 Å². The lowest BCUT2D eigenvalue weighted by atomic mass is 10.1. The Balaban J connectivity index is 2.18. The highest BCUT2D eigenvalue weighted by Gasteiger charge is 2.13. The summed E-state index contributed by atoms with van der Waals surface area (Å²) in [6.45, 7) is 0.0539. The van der Waals surface area contributed by atoms with E-state index in [2.05, 4.69) is 0 Å². The van der Waals surface area contributed by atoms with Crippen molar-refractivity contribution in [3.63, 3.8) is 0 Å². The normalized spacial score (nSPS) is 10.2. The van der Waals surface area contributed by atoms with Crippen molar-refractivity contribution >= 4 is 11.7 Å². The molecule has 2 rings (SSSR count). The van der Waals surface area contributed by atoms with E-state index in [9.17, 15) is 9.18 Å². The molecule has 0 aliphatic heterocycles. The predicted molar refractivity (Wildman–Crippen MR) is 68.5 cm³/mol. The van der Waals surface area contributed by atoms with E-state index >= 15 is 0 Å². The number of carboxylic acid groups (broad SMARTS) is 1. The molecule has 0 saturated carbocycles. The molecular weight excluding hydrogens is 249 g/mol. The van der Waals surface area contributed by atoms with Gasteiger partial charge in [-0.3, -0.25) is 0 Å². The summed E-state index contributed by atoms with van der Waals surface area (Å²) in [5, 5.41) is 9.09. The van der Waals surface area contributed by atoms with Crippen LogP contribution in [0, 0.1) is 5.82 Å². The molecule has 2 aromatic rings. The predicted octanol–water partition coefficient (Wildman–Crippen LogP) is 2.69. The van der Waals surface area contributed by atoms with Gasteiger partial charge < -0.3 is 15.6 Å². The van der Waals surface area contributed by atoms with Gasteiger partial charge in [-0.25, -0.2) is 9.18 Å². The van der Waals surface area contributed by atoms with Gasteiger partial charge in [-0.15, -0.1) is 0 Å². The van der Waals surface area contributed by atoms with Crippen molar-refractivity contribution in [3.8, 4) is 5.75 Å². The molecule has 2 aromatic carbocycles. The smallest absolute Gasteiger partial charge is 0.338 e. The van der Waals surface area contributed by atoms with E-state index in [-0.39, 0.29) is 23.7 Å². The SMILES string of the molecule is Nc1cccc(COc2ccc(F)cc2)c1C(=O)O. The lowest BCUT2D eigenvalue weighted by Gasteiger charge is -2.10. The summed E-state index contributed by atoms with van der Waals surface area (Å²) >= 11 is 0. The number of nitrogen functional groups attached to an aromatic ring is 1. The number of hydrogen-bond donors (Lipinski definition) is 2. The van der Waals surface area contributed by atoms with Gasteiger partial charge >= 0.3 is 5.97 Å². The van der Waals surface area contributed by atoms with Crippen molar-refractivity contribution in [2.45, 2.75) is 6.61 Å². The monoisotopic (exact) mass is 261 g/mol. The van der Waals surface area contributed by atoms with Crippen molar-refractivity contribution in [3.05, 3.63) is 59.4 Å². The minimum absolute atomic E-state index is 0.0320. The third-order valence-corrected chi connectivity index (χ3v) is 2.60. The van der Waals surface area contributed by atoms with Gasteiger partial charge in [0.1, 0.15) is 18.2 Å². The first-order valence-corrected chi connectivity index (χ1v) is 5.57. The minimum atomic E-state index is -1.10. The molecule has 0 amide bonds. The molecule has 3 N–H and O–H groups in total. The van der Waals surface area contributed by atoms with Crippen LogP contribution in [-0.2, 0) is 6.61 Å². The Kier molecular flexibility index (Phi) is 3.66. The average Bonchev–Trinajstić information content (AvgIpc) is 2.37. The molecule has 0 aliphatic rings. The quantitative estimate of drug-likeness (QED) is 0.830. The van der Waals surface area contributed by atoms with E-state index < -0.39 is 5.97 Å². The maximum atomic E-state index is 12.7. The largest absolute Gasteiger partial charge is 0.489 e. The number of aromatic carboxylic acids is 1. The molecule has 0 aliphatic carbocycles. The van der Waals surface area contributed by atoms with Crippen LogP contribution in [0.5, 0.6) is 5.75 Å². The highest BCUT2D eigenvalue weighted by atomic mass is 19.1. The molecule has 0 spiro atoms. The molecule has 0 fully saturated rings. The lowest BCUT2D eigenvalue weighted by Crippen LogP contribution is -2.09. The van der Waals surface area contributed by atoms with Gasteiger partial charge in [-0.1, -0.05) is 12.1 Å². The zero-order chi connectivity index (χ0) is 13.8. The summed E-state index contributed by atoms with van der Waals surface area (Å²) in [5.74, 6) is -1.00. The van der Waals surface area contributed by atoms with Crippen LogP contribution in [0.2, 0.25) is 0 Å². The number of ether oxygens (including phenoxy) is 1. The Morgan fingerprint density at radius 1 is 1.21 bits per heavy atom. The van der Waals surface area contributed by atoms with Crippen LogP contribution >= 0.6 is 0 Å². The van der Waals surface area contributed by atoms with Gasteiger partial charge in [0, 0.05) is 11.3 Å². The third kappa shape index (κ3) is 3.01. The van der Waals surface area contributed by atoms with Crippen LogP contribution in [0.15, 0.2) is 42.5 Å². The van der Waals surface area contributed by atoms with Gasteiger partial charge in [0.25, 0.3) is 0 Å². The number of carboxylic acids is 1. The molecule has 19 heavy (non-hydrogen) atoms. The maximum absolute atomic E-state index is 12.7. The van der Waals surface area contributed by atoms with Crippen LogP contribution in [-0.4, -0.2) is 11.1 Å². The molecule has 0 bridgehead atoms. The van der Waals surface area contributed by atoms with Crippen molar-refractivity contribution in [1.82, 2.24) is 0 Å².